The van der Waals surface area contributed by atoms with Crippen LogP contribution in [0.1, 0.15) is 47.0 Å². The molecule has 1 aromatic heterocycles. The predicted molar refractivity (Wildman–Crippen MR) is 132 cm³/mol. The third-order valence-corrected chi connectivity index (χ3v) is 6.68. The fourth-order valence-electron chi connectivity index (χ4n) is 3.91. The van der Waals surface area contributed by atoms with Gasteiger partial charge in [-0.15, -0.1) is 11.3 Å². The van der Waals surface area contributed by atoms with Crippen LogP contribution in [0.3, 0.4) is 0 Å². The van der Waals surface area contributed by atoms with Gasteiger partial charge in [0.15, 0.2) is 6.61 Å². The fourth-order valence-corrected chi connectivity index (χ4v) is 4.56. The number of rotatable bonds is 8. The fraction of sp³-hybridized carbons (Fsp3) is 0.296. The summed E-state index contributed by atoms with van der Waals surface area (Å²) in [4.78, 5) is 39.2. The van der Waals surface area contributed by atoms with Crippen molar-refractivity contribution in [3.05, 3.63) is 76.0 Å². The lowest BCUT2D eigenvalue weighted by Crippen LogP contribution is -2.27. The molecule has 1 aliphatic heterocycles. The standard InChI is InChI=1S/C27H27NO5S/c1-17(2)22-11-6-18(3)13-24(22)33-21-9-7-20(8-10-21)28-15-19(14-26(28)30)27(31)32-16-23(29)25-5-4-12-34-25/h4-13,17,19H,14-16H2,1-3H3/t19-/m1/s1. The van der Waals surface area contributed by atoms with Crippen molar-refractivity contribution in [2.45, 2.75) is 33.1 Å². The molecule has 0 radical (unpaired) electrons. The van der Waals surface area contributed by atoms with Crippen molar-refractivity contribution in [3.63, 3.8) is 0 Å². The van der Waals surface area contributed by atoms with E-state index < -0.39 is 11.9 Å². The summed E-state index contributed by atoms with van der Waals surface area (Å²) in [5, 5.41) is 1.79. The molecule has 7 heteroatoms. The summed E-state index contributed by atoms with van der Waals surface area (Å²) in [5.74, 6) is 0.303. The SMILES string of the molecule is Cc1ccc(C(C)C)c(Oc2ccc(N3C[C@H](C(=O)OCC(=O)c4cccs4)CC3=O)cc2)c1. The molecule has 176 valence electrons. The summed E-state index contributed by atoms with van der Waals surface area (Å²) >= 11 is 1.30. The van der Waals surface area contributed by atoms with Gasteiger partial charge in [0.1, 0.15) is 11.5 Å². The van der Waals surface area contributed by atoms with Crippen molar-refractivity contribution in [1.82, 2.24) is 0 Å². The zero-order chi connectivity index (χ0) is 24.2. The first-order chi connectivity index (χ1) is 16.3. The molecule has 0 aliphatic carbocycles. The Balaban J connectivity index is 1.37. The largest absolute Gasteiger partial charge is 0.457 e. The summed E-state index contributed by atoms with van der Waals surface area (Å²) in [6, 6.07) is 16.9. The number of benzene rings is 2. The third kappa shape index (κ3) is 5.37. The molecule has 34 heavy (non-hydrogen) atoms. The van der Waals surface area contributed by atoms with E-state index in [2.05, 4.69) is 26.0 Å². The van der Waals surface area contributed by atoms with Crippen LogP contribution in [0, 0.1) is 12.8 Å². The number of Topliss-reactive ketones (excluding diaryl/α,β-unsaturated/α-hetero) is 1. The molecule has 4 rings (SSSR count). The number of ketones is 1. The molecule has 1 saturated heterocycles. The first-order valence-corrected chi connectivity index (χ1v) is 12.1. The van der Waals surface area contributed by atoms with Crippen molar-refractivity contribution in [2.24, 2.45) is 5.92 Å². The van der Waals surface area contributed by atoms with Gasteiger partial charge in [-0.2, -0.15) is 0 Å². The number of amides is 1. The lowest BCUT2D eigenvalue weighted by molar-refractivity contribution is -0.147. The summed E-state index contributed by atoms with van der Waals surface area (Å²) < 4.78 is 11.3. The van der Waals surface area contributed by atoms with E-state index in [0.717, 1.165) is 16.9 Å². The molecule has 0 unspecified atom stereocenters. The second kappa shape index (κ2) is 10.2. The minimum absolute atomic E-state index is 0.0608. The van der Waals surface area contributed by atoms with Crippen LogP contribution in [0.15, 0.2) is 60.0 Å². The smallest absolute Gasteiger partial charge is 0.311 e. The predicted octanol–water partition coefficient (Wildman–Crippen LogP) is 5.75. The van der Waals surface area contributed by atoms with Crippen LogP contribution in [0.25, 0.3) is 0 Å². The van der Waals surface area contributed by atoms with Crippen molar-refractivity contribution in [3.8, 4) is 11.5 Å². The van der Waals surface area contributed by atoms with Gasteiger partial charge in [0.2, 0.25) is 11.7 Å². The molecule has 2 heterocycles. The van der Waals surface area contributed by atoms with E-state index in [9.17, 15) is 14.4 Å². The van der Waals surface area contributed by atoms with E-state index in [1.165, 1.54) is 11.3 Å². The van der Waals surface area contributed by atoms with Crippen LogP contribution in [0.2, 0.25) is 0 Å². The van der Waals surface area contributed by atoms with Crippen molar-refractivity contribution in [2.75, 3.05) is 18.1 Å². The number of esters is 1. The number of anilines is 1. The summed E-state index contributed by atoms with van der Waals surface area (Å²) in [6.07, 6.45) is 0.0608. The molecule has 6 nitrogen and oxygen atoms in total. The van der Waals surface area contributed by atoms with Gasteiger partial charge in [0, 0.05) is 18.7 Å². The third-order valence-electron chi connectivity index (χ3n) is 5.77. The number of ether oxygens (including phenoxy) is 2. The van der Waals surface area contributed by atoms with Crippen LogP contribution in [0.4, 0.5) is 5.69 Å². The Kier molecular flexibility index (Phi) is 7.12. The first-order valence-electron chi connectivity index (χ1n) is 11.2. The molecule has 1 atom stereocenters. The molecule has 0 spiro atoms. The van der Waals surface area contributed by atoms with Gasteiger partial charge in [-0.1, -0.05) is 32.0 Å². The van der Waals surface area contributed by atoms with Crippen LogP contribution in [-0.4, -0.2) is 30.8 Å². The van der Waals surface area contributed by atoms with E-state index in [-0.39, 0.29) is 31.3 Å². The minimum Gasteiger partial charge on any atom is -0.457 e. The van der Waals surface area contributed by atoms with Gasteiger partial charge in [-0.3, -0.25) is 14.4 Å². The average molecular weight is 478 g/mol. The Bertz CT molecular complexity index is 1180. The summed E-state index contributed by atoms with van der Waals surface area (Å²) in [6.45, 7) is 6.19. The van der Waals surface area contributed by atoms with E-state index in [4.69, 9.17) is 9.47 Å². The highest BCUT2D eigenvalue weighted by Crippen LogP contribution is 2.33. The topological polar surface area (TPSA) is 72.9 Å². The Labute approximate surface area is 203 Å². The Morgan fingerprint density at radius 2 is 1.88 bits per heavy atom. The van der Waals surface area contributed by atoms with Crippen LogP contribution in [0.5, 0.6) is 11.5 Å². The van der Waals surface area contributed by atoms with Crippen LogP contribution < -0.4 is 9.64 Å². The van der Waals surface area contributed by atoms with Gasteiger partial charge in [-0.25, -0.2) is 0 Å². The maximum atomic E-state index is 12.6. The number of carbonyl (C=O) groups excluding carboxylic acids is 3. The zero-order valence-corrected chi connectivity index (χ0v) is 20.3. The van der Waals surface area contributed by atoms with E-state index in [1.807, 2.05) is 37.3 Å². The summed E-state index contributed by atoms with van der Waals surface area (Å²) in [5.41, 5.74) is 2.94. The second-order valence-electron chi connectivity index (χ2n) is 8.71. The van der Waals surface area contributed by atoms with Crippen molar-refractivity contribution < 1.29 is 23.9 Å². The molecule has 1 fully saturated rings. The molecule has 2 aromatic carbocycles. The van der Waals surface area contributed by atoms with Crippen LogP contribution in [-0.2, 0) is 14.3 Å². The van der Waals surface area contributed by atoms with Gasteiger partial charge >= 0.3 is 5.97 Å². The van der Waals surface area contributed by atoms with Gasteiger partial charge < -0.3 is 14.4 Å². The van der Waals surface area contributed by atoms with E-state index in [0.29, 0.717) is 22.2 Å². The van der Waals surface area contributed by atoms with Crippen molar-refractivity contribution in [1.29, 1.82) is 0 Å². The Morgan fingerprint density at radius 3 is 2.56 bits per heavy atom. The highest BCUT2D eigenvalue weighted by atomic mass is 32.1. The van der Waals surface area contributed by atoms with Crippen LogP contribution >= 0.6 is 11.3 Å². The number of carbonyl (C=O) groups is 3. The van der Waals surface area contributed by atoms with Gasteiger partial charge in [-0.05, 0) is 65.7 Å². The molecule has 0 N–H and O–H groups in total. The van der Waals surface area contributed by atoms with E-state index in [1.54, 1.807) is 22.4 Å². The molecule has 1 aliphatic rings. The van der Waals surface area contributed by atoms with E-state index >= 15 is 0 Å². The number of nitrogens with zero attached hydrogens (tertiary/aromatic N) is 1. The number of hydrogen-bond donors (Lipinski definition) is 0. The normalized spacial score (nSPS) is 15.6. The molecular formula is C27H27NO5S. The number of hydrogen-bond acceptors (Lipinski definition) is 6. The molecule has 1 amide bonds. The van der Waals surface area contributed by atoms with Gasteiger partial charge in [0.05, 0.1) is 10.8 Å². The maximum Gasteiger partial charge on any atom is 0.311 e. The Morgan fingerprint density at radius 1 is 1.12 bits per heavy atom. The maximum absolute atomic E-state index is 12.6. The van der Waals surface area contributed by atoms with Crippen molar-refractivity contribution >= 4 is 34.7 Å². The summed E-state index contributed by atoms with van der Waals surface area (Å²) in [7, 11) is 0. The Hall–Kier alpha value is -3.45. The lowest BCUT2D eigenvalue weighted by Gasteiger charge is -2.18. The molecular weight excluding hydrogens is 450 g/mol. The highest BCUT2D eigenvalue weighted by Gasteiger charge is 2.36. The molecule has 0 saturated carbocycles. The quantitative estimate of drug-likeness (QED) is 0.305. The van der Waals surface area contributed by atoms with Gasteiger partial charge in [0.25, 0.3) is 0 Å². The highest BCUT2D eigenvalue weighted by molar-refractivity contribution is 7.12. The number of thiophene rings is 1. The zero-order valence-electron chi connectivity index (χ0n) is 19.4. The number of aryl methyl sites for hydroxylation is 1. The minimum atomic E-state index is -0.597. The lowest BCUT2D eigenvalue weighted by atomic mass is 10.0. The molecule has 0 bridgehead atoms. The monoisotopic (exact) mass is 477 g/mol. The second-order valence-corrected chi connectivity index (χ2v) is 9.65. The average Bonchev–Trinajstić information content (AvgIpc) is 3.48. The molecule has 3 aromatic rings. The first kappa shape index (κ1) is 23.7.